The summed E-state index contributed by atoms with van der Waals surface area (Å²) in [5.41, 5.74) is 4.78. The van der Waals surface area contributed by atoms with Crippen molar-refractivity contribution >= 4 is 23.2 Å². The van der Waals surface area contributed by atoms with Gasteiger partial charge < -0.3 is 4.90 Å². The number of rotatable bonds is 5. The molecule has 0 unspecified atom stereocenters. The molecule has 1 amide bonds. The lowest BCUT2D eigenvalue weighted by Gasteiger charge is -2.17. The standard InChI is InChI=1S/C14H15N7O3/c22-14(10-5-1-2-6-15-10)19-18-12-11(21(23)24)13(17-9-16-12)20-7-3-4-8-20/h1-2,5-6,9H,3-4,7-8H2,(H,19,22)(H,16,17,18). The van der Waals surface area contributed by atoms with Crippen LogP contribution in [-0.2, 0) is 0 Å². The fourth-order valence-corrected chi connectivity index (χ4v) is 2.47. The van der Waals surface area contributed by atoms with E-state index in [0.29, 0.717) is 13.1 Å². The van der Waals surface area contributed by atoms with Crippen LogP contribution >= 0.6 is 0 Å². The van der Waals surface area contributed by atoms with E-state index < -0.39 is 10.8 Å². The first kappa shape index (κ1) is 15.6. The molecule has 10 heteroatoms. The molecule has 1 aliphatic rings. The Morgan fingerprint density at radius 3 is 2.67 bits per heavy atom. The van der Waals surface area contributed by atoms with E-state index in [9.17, 15) is 14.9 Å². The first-order chi connectivity index (χ1) is 11.7. The van der Waals surface area contributed by atoms with Crippen LogP contribution in [0.2, 0.25) is 0 Å². The Bertz CT molecular complexity index is 747. The smallest absolute Gasteiger partial charge is 0.351 e. The van der Waals surface area contributed by atoms with Gasteiger partial charge in [-0.1, -0.05) is 6.07 Å². The number of nitrogens with zero attached hydrogens (tertiary/aromatic N) is 5. The number of amides is 1. The van der Waals surface area contributed by atoms with Crippen molar-refractivity contribution in [2.24, 2.45) is 0 Å². The molecule has 0 spiro atoms. The number of carbonyl (C=O) groups is 1. The number of hydrogen-bond donors (Lipinski definition) is 2. The lowest BCUT2D eigenvalue weighted by atomic mass is 10.3. The maximum atomic E-state index is 12.0. The molecule has 0 radical (unpaired) electrons. The second-order valence-electron chi connectivity index (χ2n) is 5.14. The monoisotopic (exact) mass is 329 g/mol. The fourth-order valence-electron chi connectivity index (χ4n) is 2.47. The highest BCUT2D eigenvalue weighted by molar-refractivity contribution is 5.93. The van der Waals surface area contributed by atoms with Crippen LogP contribution in [0.15, 0.2) is 30.7 Å². The van der Waals surface area contributed by atoms with Gasteiger partial charge in [0.25, 0.3) is 5.91 Å². The molecule has 0 bridgehead atoms. The lowest BCUT2D eigenvalue weighted by molar-refractivity contribution is -0.383. The second kappa shape index (κ2) is 6.86. The molecule has 2 aromatic rings. The third kappa shape index (κ3) is 3.21. The third-order valence-corrected chi connectivity index (χ3v) is 3.58. The van der Waals surface area contributed by atoms with Crippen molar-refractivity contribution < 1.29 is 9.72 Å². The molecule has 0 saturated carbocycles. The number of anilines is 2. The molecule has 1 aliphatic heterocycles. The van der Waals surface area contributed by atoms with Crippen molar-refractivity contribution in [3.63, 3.8) is 0 Å². The average Bonchev–Trinajstić information content (AvgIpc) is 3.14. The summed E-state index contributed by atoms with van der Waals surface area (Å²) in [6, 6.07) is 4.88. The van der Waals surface area contributed by atoms with Gasteiger partial charge in [0.05, 0.1) is 4.92 Å². The van der Waals surface area contributed by atoms with Gasteiger partial charge in [-0.15, -0.1) is 0 Å². The molecule has 0 aliphatic carbocycles. The molecule has 124 valence electrons. The summed E-state index contributed by atoms with van der Waals surface area (Å²) in [7, 11) is 0. The van der Waals surface area contributed by atoms with Crippen molar-refractivity contribution in [1.82, 2.24) is 20.4 Å². The zero-order valence-corrected chi connectivity index (χ0v) is 12.7. The Labute approximate surface area is 137 Å². The summed E-state index contributed by atoms with van der Waals surface area (Å²) in [6.07, 6.45) is 4.63. The van der Waals surface area contributed by atoms with Gasteiger partial charge in [0.2, 0.25) is 11.6 Å². The Hall–Kier alpha value is -3.30. The van der Waals surface area contributed by atoms with Gasteiger partial charge in [-0.05, 0) is 25.0 Å². The number of hydrazine groups is 1. The molecule has 3 rings (SSSR count). The number of hydrogen-bond acceptors (Lipinski definition) is 8. The normalized spacial score (nSPS) is 13.6. The van der Waals surface area contributed by atoms with Crippen molar-refractivity contribution in [2.75, 3.05) is 23.4 Å². The van der Waals surface area contributed by atoms with E-state index in [1.807, 2.05) is 4.90 Å². The van der Waals surface area contributed by atoms with Crippen LogP contribution in [0.3, 0.4) is 0 Å². The summed E-state index contributed by atoms with van der Waals surface area (Å²) >= 11 is 0. The van der Waals surface area contributed by atoms with Crippen LogP contribution in [0.4, 0.5) is 17.3 Å². The van der Waals surface area contributed by atoms with Gasteiger partial charge in [-0.2, -0.15) is 0 Å². The highest BCUT2D eigenvalue weighted by Gasteiger charge is 2.28. The highest BCUT2D eigenvalue weighted by Crippen LogP contribution is 2.33. The maximum absolute atomic E-state index is 12.0. The summed E-state index contributed by atoms with van der Waals surface area (Å²) in [5.74, 6) is -0.338. The van der Waals surface area contributed by atoms with E-state index in [1.54, 1.807) is 12.1 Å². The van der Waals surface area contributed by atoms with Crippen molar-refractivity contribution in [2.45, 2.75) is 12.8 Å². The zero-order chi connectivity index (χ0) is 16.9. The molecular formula is C14H15N7O3. The molecule has 2 aromatic heterocycles. The molecule has 1 fully saturated rings. The SMILES string of the molecule is O=C(NNc1ncnc(N2CCCC2)c1[N+](=O)[O-])c1ccccn1. The Balaban J connectivity index is 1.81. The summed E-state index contributed by atoms with van der Waals surface area (Å²) < 4.78 is 0. The van der Waals surface area contributed by atoms with Gasteiger partial charge in [0, 0.05) is 19.3 Å². The van der Waals surface area contributed by atoms with Gasteiger partial charge in [-0.25, -0.2) is 9.97 Å². The zero-order valence-electron chi connectivity index (χ0n) is 12.7. The minimum absolute atomic E-state index is 0.0684. The van der Waals surface area contributed by atoms with Crippen LogP contribution in [0.5, 0.6) is 0 Å². The highest BCUT2D eigenvalue weighted by atomic mass is 16.6. The van der Waals surface area contributed by atoms with Crippen LogP contribution in [0, 0.1) is 10.1 Å². The second-order valence-corrected chi connectivity index (χ2v) is 5.14. The minimum Gasteiger partial charge on any atom is -0.351 e. The molecule has 10 nitrogen and oxygen atoms in total. The fraction of sp³-hybridized carbons (Fsp3) is 0.286. The van der Waals surface area contributed by atoms with Crippen molar-refractivity contribution in [1.29, 1.82) is 0 Å². The van der Waals surface area contributed by atoms with Crippen LogP contribution in [-0.4, -0.2) is 38.9 Å². The number of carbonyl (C=O) groups excluding carboxylic acids is 1. The number of nitrogens with one attached hydrogen (secondary N) is 2. The van der Waals surface area contributed by atoms with Crippen molar-refractivity contribution in [3.05, 3.63) is 46.5 Å². The van der Waals surface area contributed by atoms with E-state index >= 15 is 0 Å². The first-order valence-electron chi connectivity index (χ1n) is 7.38. The van der Waals surface area contributed by atoms with E-state index in [1.165, 1.54) is 18.6 Å². The van der Waals surface area contributed by atoms with Crippen LogP contribution in [0.25, 0.3) is 0 Å². The molecule has 2 N–H and O–H groups in total. The average molecular weight is 329 g/mol. The molecule has 1 saturated heterocycles. The largest absolute Gasteiger partial charge is 0.355 e. The molecule has 24 heavy (non-hydrogen) atoms. The number of pyridine rings is 1. The molecule has 3 heterocycles. The predicted molar refractivity (Wildman–Crippen MR) is 85.5 cm³/mol. The quantitative estimate of drug-likeness (QED) is 0.617. The Kier molecular flexibility index (Phi) is 4.45. The van der Waals surface area contributed by atoms with E-state index in [4.69, 9.17) is 0 Å². The minimum atomic E-state index is -0.553. The van der Waals surface area contributed by atoms with E-state index in [-0.39, 0.29) is 23.0 Å². The van der Waals surface area contributed by atoms with Gasteiger partial charge in [0.1, 0.15) is 12.0 Å². The number of aromatic nitrogens is 3. The van der Waals surface area contributed by atoms with Gasteiger partial charge >= 0.3 is 5.69 Å². The van der Waals surface area contributed by atoms with Crippen LogP contribution < -0.4 is 15.8 Å². The molecule has 0 atom stereocenters. The van der Waals surface area contributed by atoms with Crippen molar-refractivity contribution in [3.8, 4) is 0 Å². The first-order valence-corrected chi connectivity index (χ1v) is 7.38. The summed E-state index contributed by atoms with van der Waals surface area (Å²) in [6.45, 7) is 1.41. The van der Waals surface area contributed by atoms with Gasteiger partial charge in [-0.3, -0.25) is 30.7 Å². The number of nitro groups is 1. The summed E-state index contributed by atoms with van der Waals surface area (Å²) in [4.78, 5) is 36.5. The molecular weight excluding hydrogens is 314 g/mol. The van der Waals surface area contributed by atoms with Gasteiger partial charge in [0.15, 0.2) is 0 Å². The topological polar surface area (TPSA) is 126 Å². The van der Waals surface area contributed by atoms with E-state index in [2.05, 4.69) is 25.8 Å². The Morgan fingerprint density at radius 1 is 1.21 bits per heavy atom. The maximum Gasteiger partial charge on any atom is 0.355 e. The summed E-state index contributed by atoms with van der Waals surface area (Å²) in [5, 5.41) is 11.4. The van der Waals surface area contributed by atoms with Crippen LogP contribution in [0.1, 0.15) is 23.3 Å². The predicted octanol–water partition coefficient (Wildman–Crippen LogP) is 1.14. The Morgan fingerprint density at radius 2 is 2.00 bits per heavy atom. The van der Waals surface area contributed by atoms with E-state index in [0.717, 1.165) is 12.8 Å². The molecule has 0 aromatic carbocycles. The lowest BCUT2D eigenvalue weighted by Crippen LogP contribution is -2.31. The third-order valence-electron chi connectivity index (χ3n) is 3.58.